The number of nitrogens with zero attached hydrogens (tertiary/aromatic N) is 1. The minimum Gasteiger partial charge on any atom is -0.278 e. The second kappa shape index (κ2) is 4.61. The molecule has 0 atom stereocenters. The van der Waals surface area contributed by atoms with Crippen LogP contribution in [0.2, 0.25) is 0 Å². The molecule has 0 saturated heterocycles. The third kappa shape index (κ3) is 2.12. The highest BCUT2D eigenvalue weighted by molar-refractivity contribution is 6.04. The van der Waals surface area contributed by atoms with Crippen LogP contribution < -0.4 is 5.43 Å². The molecule has 0 aromatic heterocycles. The van der Waals surface area contributed by atoms with Crippen LogP contribution in [0.25, 0.3) is 0 Å². The first kappa shape index (κ1) is 11.0. The van der Waals surface area contributed by atoms with Gasteiger partial charge in [-0.25, -0.2) is 4.39 Å². The van der Waals surface area contributed by atoms with Crippen molar-refractivity contribution in [3.8, 4) is 0 Å². The van der Waals surface area contributed by atoms with E-state index in [0.717, 1.165) is 24.2 Å². The van der Waals surface area contributed by atoms with Crippen LogP contribution >= 0.6 is 0 Å². The van der Waals surface area contributed by atoms with Crippen LogP contribution in [0.5, 0.6) is 0 Å². The van der Waals surface area contributed by atoms with E-state index in [2.05, 4.69) is 28.7 Å². The lowest BCUT2D eigenvalue weighted by molar-refractivity contribution is 0.628. The van der Waals surface area contributed by atoms with Crippen LogP contribution in [0.15, 0.2) is 53.6 Å². The summed E-state index contributed by atoms with van der Waals surface area (Å²) in [7, 11) is 0. The molecule has 3 rings (SSSR count). The van der Waals surface area contributed by atoms with E-state index < -0.39 is 0 Å². The highest BCUT2D eigenvalue weighted by Crippen LogP contribution is 2.22. The van der Waals surface area contributed by atoms with Gasteiger partial charge in [0.15, 0.2) is 0 Å². The highest BCUT2D eigenvalue weighted by Gasteiger charge is 2.16. The first-order valence-electron chi connectivity index (χ1n) is 5.99. The van der Waals surface area contributed by atoms with Crippen molar-refractivity contribution in [3.05, 3.63) is 65.5 Å². The van der Waals surface area contributed by atoms with Crippen molar-refractivity contribution < 1.29 is 4.39 Å². The monoisotopic (exact) mass is 240 g/mol. The van der Waals surface area contributed by atoms with Gasteiger partial charge < -0.3 is 0 Å². The molecular formula is C15H13FN2. The molecule has 2 nitrogen and oxygen atoms in total. The maximum Gasteiger partial charge on any atom is 0.123 e. The molecule has 1 aliphatic carbocycles. The third-order valence-corrected chi connectivity index (χ3v) is 3.12. The molecule has 2 aromatic rings. The Bertz CT molecular complexity index is 588. The maximum atomic E-state index is 12.8. The standard InChI is InChI=1S/C15H13FN2/c16-12-6-8-13(9-7-12)17-18-15-10-5-11-3-1-2-4-14(11)15/h1-4,6-9,17H,5,10H2/b18-15-. The van der Waals surface area contributed by atoms with Crippen molar-refractivity contribution in [1.82, 2.24) is 0 Å². The van der Waals surface area contributed by atoms with Gasteiger partial charge in [-0.2, -0.15) is 5.10 Å². The average Bonchev–Trinajstić information content (AvgIpc) is 2.82. The topological polar surface area (TPSA) is 24.4 Å². The number of rotatable bonds is 2. The molecule has 2 aromatic carbocycles. The zero-order chi connectivity index (χ0) is 12.4. The van der Waals surface area contributed by atoms with Crippen molar-refractivity contribution in [3.63, 3.8) is 0 Å². The number of hydrogen-bond donors (Lipinski definition) is 1. The second-order valence-corrected chi connectivity index (χ2v) is 4.33. The number of fused-ring (bicyclic) bond motifs is 1. The molecule has 0 spiro atoms. The van der Waals surface area contributed by atoms with Crippen molar-refractivity contribution >= 4 is 11.4 Å². The van der Waals surface area contributed by atoms with E-state index >= 15 is 0 Å². The van der Waals surface area contributed by atoms with Gasteiger partial charge in [0.25, 0.3) is 0 Å². The summed E-state index contributed by atoms with van der Waals surface area (Å²) in [6, 6.07) is 14.5. The fourth-order valence-corrected chi connectivity index (χ4v) is 2.18. The van der Waals surface area contributed by atoms with E-state index in [9.17, 15) is 4.39 Å². The Morgan fingerprint density at radius 3 is 2.56 bits per heavy atom. The first-order valence-corrected chi connectivity index (χ1v) is 5.99. The highest BCUT2D eigenvalue weighted by atomic mass is 19.1. The summed E-state index contributed by atoms with van der Waals surface area (Å²) in [4.78, 5) is 0. The number of aryl methyl sites for hydroxylation is 1. The Labute approximate surface area is 105 Å². The molecule has 0 heterocycles. The number of hydrogen-bond acceptors (Lipinski definition) is 2. The normalized spacial score (nSPS) is 15.7. The van der Waals surface area contributed by atoms with E-state index in [1.807, 2.05) is 6.07 Å². The van der Waals surface area contributed by atoms with Gasteiger partial charge in [-0.3, -0.25) is 5.43 Å². The van der Waals surface area contributed by atoms with Crippen LogP contribution in [0.1, 0.15) is 17.5 Å². The van der Waals surface area contributed by atoms with Crippen molar-refractivity contribution in [2.45, 2.75) is 12.8 Å². The van der Waals surface area contributed by atoms with Crippen LogP contribution in [-0.2, 0) is 6.42 Å². The number of halogens is 1. The zero-order valence-corrected chi connectivity index (χ0v) is 9.86. The molecule has 0 bridgehead atoms. The van der Waals surface area contributed by atoms with Gasteiger partial charge in [0.05, 0.1) is 11.4 Å². The fourth-order valence-electron chi connectivity index (χ4n) is 2.18. The van der Waals surface area contributed by atoms with Gasteiger partial charge in [-0.05, 0) is 42.7 Å². The molecule has 0 unspecified atom stereocenters. The summed E-state index contributed by atoms with van der Waals surface area (Å²) in [5, 5.41) is 4.41. The van der Waals surface area contributed by atoms with E-state index in [1.54, 1.807) is 12.1 Å². The molecule has 0 fully saturated rings. The smallest absolute Gasteiger partial charge is 0.123 e. The molecule has 0 amide bonds. The Balaban J connectivity index is 1.80. The largest absolute Gasteiger partial charge is 0.278 e. The SMILES string of the molecule is Fc1ccc(N/N=C2/CCc3ccccc32)cc1. The molecule has 0 aliphatic heterocycles. The lowest BCUT2D eigenvalue weighted by Gasteiger charge is -2.03. The van der Waals surface area contributed by atoms with Crippen molar-refractivity contribution in [2.75, 3.05) is 5.43 Å². The molecule has 0 saturated carbocycles. The van der Waals surface area contributed by atoms with Crippen LogP contribution in [0.4, 0.5) is 10.1 Å². The predicted octanol–water partition coefficient (Wildman–Crippen LogP) is 3.59. The van der Waals surface area contributed by atoms with Gasteiger partial charge in [0, 0.05) is 5.56 Å². The van der Waals surface area contributed by atoms with Crippen LogP contribution in [0.3, 0.4) is 0 Å². The van der Waals surface area contributed by atoms with Gasteiger partial charge in [0.2, 0.25) is 0 Å². The Kier molecular flexibility index (Phi) is 2.81. The lowest BCUT2D eigenvalue weighted by Crippen LogP contribution is -1.99. The maximum absolute atomic E-state index is 12.8. The number of anilines is 1. The van der Waals surface area contributed by atoms with Gasteiger partial charge in [0.1, 0.15) is 5.82 Å². The Morgan fingerprint density at radius 2 is 1.72 bits per heavy atom. The third-order valence-electron chi connectivity index (χ3n) is 3.12. The predicted molar refractivity (Wildman–Crippen MR) is 71.3 cm³/mol. The number of nitrogens with one attached hydrogen (secondary N) is 1. The summed E-state index contributed by atoms with van der Waals surface area (Å²) < 4.78 is 12.8. The van der Waals surface area contributed by atoms with Crippen LogP contribution in [0, 0.1) is 5.82 Å². The zero-order valence-electron chi connectivity index (χ0n) is 9.86. The van der Waals surface area contributed by atoms with E-state index in [0.29, 0.717) is 0 Å². The lowest BCUT2D eigenvalue weighted by atomic mass is 10.1. The van der Waals surface area contributed by atoms with Crippen molar-refractivity contribution in [2.24, 2.45) is 5.10 Å². The molecule has 1 N–H and O–H groups in total. The number of hydrazone groups is 1. The molecular weight excluding hydrogens is 227 g/mol. The average molecular weight is 240 g/mol. The quantitative estimate of drug-likeness (QED) is 0.797. The van der Waals surface area contributed by atoms with Crippen LogP contribution in [-0.4, -0.2) is 5.71 Å². The molecule has 3 heteroatoms. The molecule has 90 valence electrons. The summed E-state index contributed by atoms with van der Waals surface area (Å²) in [6.07, 6.45) is 1.99. The summed E-state index contributed by atoms with van der Waals surface area (Å²) >= 11 is 0. The second-order valence-electron chi connectivity index (χ2n) is 4.33. The molecule has 18 heavy (non-hydrogen) atoms. The van der Waals surface area contributed by atoms with Gasteiger partial charge in [-0.1, -0.05) is 24.3 Å². The fraction of sp³-hybridized carbons (Fsp3) is 0.133. The van der Waals surface area contributed by atoms with E-state index in [1.165, 1.54) is 23.3 Å². The summed E-state index contributed by atoms with van der Waals surface area (Å²) in [6.45, 7) is 0. The number of benzene rings is 2. The first-order chi connectivity index (χ1) is 8.83. The minimum absolute atomic E-state index is 0.237. The Morgan fingerprint density at radius 1 is 0.944 bits per heavy atom. The summed E-state index contributed by atoms with van der Waals surface area (Å²) in [5.41, 5.74) is 7.40. The Hall–Kier alpha value is -2.16. The van der Waals surface area contributed by atoms with Gasteiger partial charge in [-0.15, -0.1) is 0 Å². The van der Waals surface area contributed by atoms with E-state index in [-0.39, 0.29) is 5.82 Å². The molecule has 0 radical (unpaired) electrons. The molecule has 1 aliphatic rings. The minimum atomic E-state index is -0.237. The summed E-state index contributed by atoms with van der Waals surface area (Å²) in [5.74, 6) is -0.237. The van der Waals surface area contributed by atoms with Crippen molar-refractivity contribution in [1.29, 1.82) is 0 Å². The van der Waals surface area contributed by atoms with Gasteiger partial charge >= 0.3 is 0 Å². The van der Waals surface area contributed by atoms with E-state index in [4.69, 9.17) is 0 Å².